The summed E-state index contributed by atoms with van der Waals surface area (Å²) in [5, 5.41) is 10.1. The third-order valence-corrected chi connectivity index (χ3v) is 4.43. The maximum atomic E-state index is 14.1. The lowest BCUT2D eigenvalue weighted by Gasteiger charge is -2.07. The van der Waals surface area contributed by atoms with E-state index in [4.69, 9.17) is 17.3 Å². The smallest absolute Gasteiger partial charge is 0.250 e. The highest BCUT2D eigenvalue weighted by atomic mass is 35.5. The van der Waals surface area contributed by atoms with E-state index in [0.717, 1.165) is 24.7 Å². The number of hydrogen-bond donors (Lipinski definition) is 3. The fourth-order valence-electron chi connectivity index (χ4n) is 2.57. The van der Waals surface area contributed by atoms with E-state index >= 15 is 0 Å². The van der Waals surface area contributed by atoms with Crippen LogP contribution in [0.25, 0.3) is 11.4 Å². The number of primary amides is 1. The van der Waals surface area contributed by atoms with Crippen LogP contribution in [0.15, 0.2) is 30.5 Å². The Morgan fingerprint density at radius 1 is 1.35 bits per heavy atom. The minimum Gasteiger partial charge on any atom is -0.366 e. The van der Waals surface area contributed by atoms with Crippen molar-refractivity contribution < 1.29 is 9.18 Å². The zero-order valence-electron chi connectivity index (χ0n) is 13.5. The van der Waals surface area contributed by atoms with Gasteiger partial charge in [0.25, 0.3) is 0 Å². The number of nitrogens with one attached hydrogen (secondary N) is 2. The van der Waals surface area contributed by atoms with Gasteiger partial charge in [0.05, 0.1) is 16.8 Å². The molecule has 7 nitrogen and oxygen atoms in total. The van der Waals surface area contributed by atoms with Gasteiger partial charge in [-0.15, -0.1) is 0 Å². The fourth-order valence-corrected chi connectivity index (χ4v) is 2.78. The van der Waals surface area contributed by atoms with Crippen LogP contribution in [0.4, 0.5) is 16.0 Å². The number of aromatic amines is 1. The number of carbonyl (C=O) groups excluding carboxylic acids is 1. The first-order chi connectivity index (χ1) is 12.5. The molecule has 0 radical (unpaired) electrons. The van der Waals surface area contributed by atoms with Gasteiger partial charge in [0.2, 0.25) is 5.91 Å². The van der Waals surface area contributed by atoms with Crippen LogP contribution in [-0.2, 0) is 0 Å². The maximum Gasteiger partial charge on any atom is 0.250 e. The van der Waals surface area contributed by atoms with Crippen molar-refractivity contribution in [2.45, 2.75) is 18.8 Å². The highest BCUT2D eigenvalue weighted by Crippen LogP contribution is 2.39. The molecule has 0 saturated heterocycles. The van der Waals surface area contributed by atoms with Gasteiger partial charge < -0.3 is 11.1 Å². The summed E-state index contributed by atoms with van der Waals surface area (Å²) in [4.78, 5) is 19.6. The van der Waals surface area contributed by atoms with Gasteiger partial charge in [-0.25, -0.2) is 14.4 Å². The van der Waals surface area contributed by atoms with Crippen LogP contribution in [0.2, 0.25) is 5.02 Å². The minimum absolute atomic E-state index is 0.0144. The Balaban J connectivity index is 1.65. The van der Waals surface area contributed by atoms with Gasteiger partial charge in [0.15, 0.2) is 23.3 Å². The molecule has 2 aromatic heterocycles. The van der Waals surface area contributed by atoms with Crippen molar-refractivity contribution >= 4 is 29.1 Å². The molecule has 0 atom stereocenters. The Labute approximate surface area is 152 Å². The molecule has 0 unspecified atom stereocenters. The van der Waals surface area contributed by atoms with E-state index in [1.54, 1.807) is 6.07 Å². The van der Waals surface area contributed by atoms with Gasteiger partial charge in [0.1, 0.15) is 0 Å². The normalized spacial score (nSPS) is 13.6. The van der Waals surface area contributed by atoms with E-state index in [9.17, 15) is 9.18 Å². The summed E-state index contributed by atoms with van der Waals surface area (Å²) in [6.45, 7) is 0. The number of amides is 1. The molecule has 2 heterocycles. The molecule has 1 aromatic carbocycles. The fraction of sp³-hybridized carbons (Fsp3) is 0.176. The Bertz CT molecular complexity index is 1000. The molecule has 1 saturated carbocycles. The molecule has 132 valence electrons. The lowest BCUT2D eigenvalue weighted by molar-refractivity contribution is 0.100. The van der Waals surface area contributed by atoms with E-state index < -0.39 is 11.7 Å². The second kappa shape index (κ2) is 6.38. The van der Waals surface area contributed by atoms with E-state index in [-0.39, 0.29) is 22.2 Å². The number of carbonyl (C=O) groups is 1. The summed E-state index contributed by atoms with van der Waals surface area (Å²) in [5.74, 6) is -0.0878. The Kier molecular flexibility index (Phi) is 4.04. The summed E-state index contributed by atoms with van der Waals surface area (Å²) in [6.07, 6.45) is 3.32. The van der Waals surface area contributed by atoms with Crippen LogP contribution < -0.4 is 11.1 Å². The average Bonchev–Trinajstić information content (AvgIpc) is 3.37. The highest BCUT2D eigenvalue weighted by molar-refractivity contribution is 6.33. The SMILES string of the molecule is NC(=O)c1cc(-c2ncc(F)c(Nc3cc(C4CC4)[nH]n3)n2)ccc1Cl. The molecule has 0 bridgehead atoms. The van der Waals surface area contributed by atoms with Gasteiger partial charge in [-0.05, 0) is 31.0 Å². The lowest BCUT2D eigenvalue weighted by atomic mass is 10.1. The number of H-pyrrole nitrogens is 1. The number of nitrogens with zero attached hydrogens (tertiary/aromatic N) is 3. The summed E-state index contributed by atoms with van der Waals surface area (Å²) in [6, 6.07) is 6.46. The number of rotatable bonds is 5. The molecule has 1 aliphatic rings. The second-order valence-corrected chi connectivity index (χ2v) is 6.46. The molecular weight excluding hydrogens is 359 g/mol. The van der Waals surface area contributed by atoms with Gasteiger partial charge in [-0.3, -0.25) is 9.89 Å². The molecule has 3 aromatic rings. The molecule has 1 aliphatic carbocycles. The van der Waals surface area contributed by atoms with Crippen molar-refractivity contribution in [3.05, 3.63) is 52.6 Å². The lowest BCUT2D eigenvalue weighted by Crippen LogP contribution is -2.11. The zero-order valence-corrected chi connectivity index (χ0v) is 14.2. The third-order valence-electron chi connectivity index (χ3n) is 4.10. The van der Waals surface area contributed by atoms with Gasteiger partial charge in [0, 0.05) is 23.2 Å². The number of hydrogen-bond acceptors (Lipinski definition) is 5. The van der Waals surface area contributed by atoms with Gasteiger partial charge >= 0.3 is 0 Å². The van der Waals surface area contributed by atoms with Gasteiger partial charge in [-0.1, -0.05) is 11.6 Å². The Morgan fingerprint density at radius 2 is 2.15 bits per heavy atom. The molecule has 4 rings (SSSR count). The summed E-state index contributed by atoms with van der Waals surface area (Å²) in [7, 11) is 0. The molecule has 26 heavy (non-hydrogen) atoms. The first-order valence-electron chi connectivity index (χ1n) is 7.96. The molecule has 0 aliphatic heterocycles. The molecular formula is C17H14ClFN6O. The van der Waals surface area contributed by atoms with Crippen molar-refractivity contribution in [2.75, 3.05) is 5.32 Å². The van der Waals surface area contributed by atoms with Crippen LogP contribution in [0, 0.1) is 5.82 Å². The number of aromatic nitrogens is 4. The minimum atomic E-state index is -0.665. The third kappa shape index (κ3) is 3.23. The van der Waals surface area contributed by atoms with Crippen molar-refractivity contribution in [2.24, 2.45) is 5.73 Å². The van der Waals surface area contributed by atoms with Crippen LogP contribution in [-0.4, -0.2) is 26.1 Å². The highest BCUT2D eigenvalue weighted by Gasteiger charge is 2.25. The van der Waals surface area contributed by atoms with E-state index in [1.807, 2.05) is 6.07 Å². The standard InChI is InChI=1S/C17H14ClFN6O/c18-11-4-3-9(5-10(11)15(20)26)16-21-7-12(19)17(23-16)22-14-6-13(24-25-14)8-1-2-8/h3-8H,1-2H2,(H2,20,26)(H2,21,22,23,24,25). The van der Waals surface area contributed by atoms with Crippen molar-refractivity contribution in [1.29, 1.82) is 0 Å². The van der Waals surface area contributed by atoms with E-state index in [1.165, 1.54) is 12.1 Å². The molecule has 0 spiro atoms. The predicted molar refractivity (Wildman–Crippen MR) is 94.8 cm³/mol. The van der Waals surface area contributed by atoms with E-state index in [2.05, 4.69) is 25.5 Å². The first-order valence-corrected chi connectivity index (χ1v) is 8.33. The molecule has 9 heteroatoms. The monoisotopic (exact) mass is 372 g/mol. The van der Waals surface area contributed by atoms with Crippen LogP contribution in [0.5, 0.6) is 0 Å². The zero-order chi connectivity index (χ0) is 18.3. The van der Waals surface area contributed by atoms with E-state index in [0.29, 0.717) is 17.3 Å². The first kappa shape index (κ1) is 16.5. The molecule has 1 amide bonds. The van der Waals surface area contributed by atoms with Crippen LogP contribution in [0.3, 0.4) is 0 Å². The van der Waals surface area contributed by atoms with Crippen molar-refractivity contribution in [1.82, 2.24) is 20.2 Å². The second-order valence-electron chi connectivity index (χ2n) is 6.06. The molecule has 4 N–H and O–H groups in total. The topological polar surface area (TPSA) is 110 Å². The van der Waals surface area contributed by atoms with Gasteiger partial charge in [-0.2, -0.15) is 5.10 Å². The summed E-state index contributed by atoms with van der Waals surface area (Å²) in [5.41, 5.74) is 6.96. The average molecular weight is 373 g/mol. The summed E-state index contributed by atoms with van der Waals surface area (Å²) >= 11 is 5.95. The summed E-state index contributed by atoms with van der Waals surface area (Å²) < 4.78 is 14.1. The number of halogens is 2. The van der Waals surface area contributed by atoms with Crippen LogP contribution in [0.1, 0.15) is 34.8 Å². The number of nitrogens with two attached hydrogens (primary N) is 1. The largest absolute Gasteiger partial charge is 0.366 e. The van der Waals surface area contributed by atoms with Crippen molar-refractivity contribution in [3.8, 4) is 11.4 Å². The predicted octanol–water partition coefficient (Wildman–Crippen LogP) is 3.38. The Hall–Kier alpha value is -3.00. The van der Waals surface area contributed by atoms with Crippen molar-refractivity contribution in [3.63, 3.8) is 0 Å². The maximum absolute atomic E-state index is 14.1. The van der Waals surface area contributed by atoms with Crippen LogP contribution >= 0.6 is 11.6 Å². The molecule has 1 fully saturated rings. The number of benzene rings is 1. The quantitative estimate of drug-likeness (QED) is 0.636. The number of anilines is 2. The Morgan fingerprint density at radius 3 is 2.88 bits per heavy atom.